The summed E-state index contributed by atoms with van der Waals surface area (Å²) in [6, 6.07) is 15.2. The molecule has 2 heterocycles. The predicted octanol–water partition coefficient (Wildman–Crippen LogP) is 6.88. The zero-order valence-corrected chi connectivity index (χ0v) is 28.3. The van der Waals surface area contributed by atoms with E-state index in [2.05, 4.69) is 66.3 Å². The molecule has 0 aliphatic carbocycles. The number of H-pyrrole nitrogens is 1. The molecule has 1 aromatic heterocycles. The molecule has 0 spiro atoms. The first-order chi connectivity index (χ1) is 21.5. The Bertz CT molecular complexity index is 1490. The van der Waals surface area contributed by atoms with Crippen molar-refractivity contribution in [1.82, 2.24) is 10.3 Å². The van der Waals surface area contributed by atoms with Crippen molar-refractivity contribution in [3.63, 3.8) is 0 Å². The molecule has 0 saturated carbocycles. The first-order valence-corrected chi connectivity index (χ1v) is 16.8. The van der Waals surface area contributed by atoms with Crippen LogP contribution in [-0.2, 0) is 17.7 Å². The molecular weight excluding hydrogens is 562 g/mol. The molecule has 3 unspecified atom stereocenters. The number of pyridine rings is 1. The van der Waals surface area contributed by atoms with E-state index in [1.807, 2.05) is 39.8 Å². The lowest BCUT2D eigenvalue weighted by Crippen LogP contribution is -2.40. The van der Waals surface area contributed by atoms with Gasteiger partial charge in [0.05, 0.1) is 6.10 Å². The Labute approximate surface area is 269 Å². The van der Waals surface area contributed by atoms with Gasteiger partial charge in [-0.3, -0.25) is 9.59 Å². The number of aliphatic hydroxyl groups is 1. The van der Waals surface area contributed by atoms with Crippen LogP contribution in [0.25, 0.3) is 11.1 Å². The van der Waals surface area contributed by atoms with Crippen LogP contribution in [0.15, 0.2) is 47.3 Å². The summed E-state index contributed by atoms with van der Waals surface area (Å²) < 4.78 is 5.66. The number of aliphatic hydroxyl groups excluding tert-OH is 1. The topological polar surface area (TPSA) is 94.7 Å². The van der Waals surface area contributed by atoms with Crippen molar-refractivity contribution in [2.45, 2.75) is 99.3 Å². The average Bonchev–Trinajstić information content (AvgIpc) is 3.02. The highest BCUT2D eigenvalue weighted by Crippen LogP contribution is 2.34. The predicted molar refractivity (Wildman–Crippen MR) is 184 cm³/mol. The minimum Gasteiger partial charge on any atom is -0.393 e. The number of aromatic amines is 1. The van der Waals surface area contributed by atoms with Crippen LogP contribution in [0, 0.1) is 32.6 Å². The Morgan fingerprint density at radius 1 is 1.02 bits per heavy atom. The van der Waals surface area contributed by atoms with Crippen molar-refractivity contribution in [3.05, 3.63) is 86.3 Å². The zero-order valence-electron chi connectivity index (χ0n) is 28.3. The fourth-order valence-corrected chi connectivity index (χ4v) is 6.62. The van der Waals surface area contributed by atoms with Gasteiger partial charge in [0.2, 0.25) is 0 Å². The molecule has 1 fully saturated rings. The second kappa shape index (κ2) is 15.7. The molecule has 7 nitrogen and oxygen atoms in total. The maximum absolute atomic E-state index is 13.8. The maximum Gasteiger partial charge on any atom is 0.253 e. The van der Waals surface area contributed by atoms with Gasteiger partial charge in [0, 0.05) is 54.9 Å². The van der Waals surface area contributed by atoms with E-state index in [0.717, 1.165) is 85.5 Å². The molecule has 7 heteroatoms. The van der Waals surface area contributed by atoms with Crippen LogP contribution in [0.5, 0.6) is 0 Å². The van der Waals surface area contributed by atoms with Crippen molar-refractivity contribution in [1.29, 1.82) is 0 Å². The van der Waals surface area contributed by atoms with Crippen molar-refractivity contribution in [3.8, 4) is 11.1 Å². The van der Waals surface area contributed by atoms with Crippen LogP contribution in [0.3, 0.4) is 0 Å². The molecule has 244 valence electrons. The van der Waals surface area contributed by atoms with Gasteiger partial charge in [-0.2, -0.15) is 0 Å². The summed E-state index contributed by atoms with van der Waals surface area (Å²) in [7, 11) is 0. The van der Waals surface area contributed by atoms with E-state index in [1.54, 1.807) is 0 Å². The van der Waals surface area contributed by atoms with Gasteiger partial charge in [0.25, 0.3) is 11.5 Å². The van der Waals surface area contributed by atoms with Crippen molar-refractivity contribution < 1.29 is 14.6 Å². The highest BCUT2D eigenvalue weighted by atomic mass is 16.5. The Kier molecular flexibility index (Phi) is 12.0. The van der Waals surface area contributed by atoms with E-state index in [0.29, 0.717) is 29.0 Å². The molecule has 3 N–H and O–H groups in total. The zero-order chi connectivity index (χ0) is 32.7. The lowest BCUT2D eigenvalue weighted by Gasteiger charge is -2.37. The molecule has 45 heavy (non-hydrogen) atoms. The number of aromatic nitrogens is 1. The first-order valence-electron chi connectivity index (χ1n) is 16.8. The third-order valence-corrected chi connectivity index (χ3v) is 9.76. The van der Waals surface area contributed by atoms with Gasteiger partial charge < -0.3 is 25.0 Å². The summed E-state index contributed by atoms with van der Waals surface area (Å²) in [5.41, 5.74) is 8.03. The summed E-state index contributed by atoms with van der Waals surface area (Å²) in [6.07, 6.45) is 4.24. The number of hydrogen-bond acceptors (Lipinski definition) is 5. The minimum atomic E-state index is -0.239. The first kappa shape index (κ1) is 34.5. The van der Waals surface area contributed by atoms with E-state index < -0.39 is 0 Å². The summed E-state index contributed by atoms with van der Waals surface area (Å²) >= 11 is 0. The molecule has 3 aromatic rings. The fraction of sp³-hybridized carbons (Fsp3) is 0.526. The third-order valence-electron chi connectivity index (χ3n) is 9.76. The lowest BCUT2D eigenvalue weighted by atomic mass is 9.85. The normalized spacial score (nSPS) is 15.8. The minimum absolute atomic E-state index is 0.164. The SMILES string of the molecule is CCC(O)CC(C)C(C)Cc1ccc(-c2cc(C(=O)NCc3c(C)cc(C)[nH]c3=O)c(C)c(N(CC)C3CCOCC3)c2)cc1. The smallest absolute Gasteiger partial charge is 0.253 e. The van der Waals surface area contributed by atoms with Gasteiger partial charge in [-0.25, -0.2) is 0 Å². The van der Waals surface area contributed by atoms with Crippen molar-refractivity contribution in [2.24, 2.45) is 11.8 Å². The van der Waals surface area contributed by atoms with E-state index in [1.165, 1.54) is 5.56 Å². The van der Waals surface area contributed by atoms with Crippen LogP contribution in [-0.4, -0.2) is 47.9 Å². The van der Waals surface area contributed by atoms with Gasteiger partial charge in [-0.1, -0.05) is 45.0 Å². The standard InChI is InChI=1S/C38H53N3O4/c1-8-33(42)20-25(4)24(3)19-29-10-12-30(13-11-29)31-21-34(37(43)39-23-35-26(5)18-27(6)40-38(35)44)28(7)36(22-31)41(9-2)32-14-16-45-17-15-32/h10-13,18,21-22,24-25,32-33,42H,8-9,14-17,19-20,23H2,1-7H3,(H,39,43)(H,40,44). The van der Waals surface area contributed by atoms with Crippen LogP contribution >= 0.6 is 0 Å². The largest absolute Gasteiger partial charge is 0.393 e. The number of hydrogen-bond donors (Lipinski definition) is 3. The van der Waals surface area contributed by atoms with E-state index in [4.69, 9.17) is 4.74 Å². The highest BCUT2D eigenvalue weighted by molar-refractivity contribution is 5.99. The number of aryl methyl sites for hydroxylation is 2. The monoisotopic (exact) mass is 615 g/mol. The Hall–Kier alpha value is -3.42. The Morgan fingerprint density at radius 2 is 1.71 bits per heavy atom. The average molecular weight is 616 g/mol. The molecule has 2 aromatic carbocycles. The van der Waals surface area contributed by atoms with Gasteiger partial charge in [-0.15, -0.1) is 0 Å². The quantitative estimate of drug-likeness (QED) is 0.195. The third kappa shape index (κ3) is 8.65. The van der Waals surface area contributed by atoms with Crippen LogP contribution in [0.1, 0.15) is 91.7 Å². The maximum atomic E-state index is 13.8. The number of anilines is 1. The van der Waals surface area contributed by atoms with Crippen molar-refractivity contribution in [2.75, 3.05) is 24.7 Å². The summed E-state index contributed by atoms with van der Waals surface area (Å²) in [4.78, 5) is 31.7. The number of ether oxygens (including phenoxy) is 1. The number of amides is 1. The Balaban J connectivity index is 1.65. The van der Waals surface area contributed by atoms with E-state index in [-0.39, 0.29) is 24.1 Å². The fourth-order valence-electron chi connectivity index (χ4n) is 6.62. The summed E-state index contributed by atoms with van der Waals surface area (Å²) in [5.74, 6) is 0.705. The second-order valence-electron chi connectivity index (χ2n) is 13.1. The molecule has 1 aliphatic heterocycles. The highest BCUT2D eigenvalue weighted by Gasteiger charge is 2.25. The van der Waals surface area contributed by atoms with Crippen LogP contribution in [0.4, 0.5) is 5.69 Å². The van der Waals surface area contributed by atoms with Crippen LogP contribution in [0.2, 0.25) is 0 Å². The molecule has 1 saturated heterocycles. The molecule has 1 amide bonds. The molecule has 1 aliphatic rings. The van der Waals surface area contributed by atoms with Gasteiger partial charge in [0.15, 0.2) is 0 Å². The number of rotatable bonds is 13. The van der Waals surface area contributed by atoms with Gasteiger partial charge >= 0.3 is 0 Å². The number of carbonyl (C=O) groups is 1. The van der Waals surface area contributed by atoms with E-state index >= 15 is 0 Å². The molecule has 0 radical (unpaired) electrons. The van der Waals surface area contributed by atoms with E-state index in [9.17, 15) is 14.7 Å². The summed E-state index contributed by atoms with van der Waals surface area (Å²) in [5, 5.41) is 13.2. The molecule has 3 atom stereocenters. The Morgan fingerprint density at radius 3 is 2.33 bits per heavy atom. The number of benzene rings is 2. The number of carbonyl (C=O) groups excluding carboxylic acids is 1. The number of nitrogens with one attached hydrogen (secondary N) is 2. The van der Waals surface area contributed by atoms with Gasteiger partial charge in [-0.05, 0) is 118 Å². The van der Waals surface area contributed by atoms with Crippen molar-refractivity contribution >= 4 is 11.6 Å². The summed E-state index contributed by atoms with van der Waals surface area (Å²) in [6.45, 7) is 17.0. The molecular formula is C38H53N3O4. The lowest BCUT2D eigenvalue weighted by molar-refractivity contribution is 0.0846. The molecule has 4 rings (SSSR count). The second-order valence-corrected chi connectivity index (χ2v) is 13.1. The number of nitrogens with zero attached hydrogens (tertiary/aromatic N) is 1. The van der Waals surface area contributed by atoms with Gasteiger partial charge in [0.1, 0.15) is 0 Å². The van der Waals surface area contributed by atoms with Crippen LogP contribution < -0.4 is 15.8 Å². The molecule has 0 bridgehead atoms.